The van der Waals surface area contributed by atoms with Crippen LogP contribution in [0.4, 0.5) is 4.79 Å². The Bertz CT molecular complexity index is 906. The predicted molar refractivity (Wildman–Crippen MR) is 148 cm³/mol. The third kappa shape index (κ3) is 9.07. The Balaban J connectivity index is 1.81. The molecule has 0 aromatic heterocycles. The summed E-state index contributed by atoms with van der Waals surface area (Å²) in [5.74, 6) is 1.22. The number of ether oxygens (including phenoxy) is 4. The topological polar surface area (TPSA) is 77.5 Å². The van der Waals surface area contributed by atoms with Crippen molar-refractivity contribution in [3.8, 4) is 11.5 Å². The molecule has 0 spiro atoms. The van der Waals surface area contributed by atoms with Gasteiger partial charge < -0.3 is 28.7 Å². The second-order valence-electron chi connectivity index (χ2n) is 11.8. The van der Waals surface area contributed by atoms with Gasteiger partial charge in [0.1, 0.15) is 17.1 Å². The van der Waals surface area contributed by atoms with Gasteiger partial charge in [-0.25, -0.2) is 4.79 Å². The lowest BCUT2D eigenvalue weighted by molar-refractivity contribution is 0.00751. The third-order valence-corrected chi connectivity index (χ3v) is 6.98. The van der Waals surface area contributed by atoms with E-state index in [4.69, 9.17) is 18.9 Å². The summed E-state index contributed by atoms with van der Waals surface area (Å²) in [6.45, 7) is 11.8. The summed E-state index contributed by atoms with van der Waals surface area (Å²) in [4.78, 5) is 30.4. The molecular weight excluding hydrogens is 484 g/mol. The smallest absolute Gasteiger partial charge is 0.410 e. The summed E-state index contributed by atoms with van der Waals surface area (Å²) in [5, 5.41) is 0. The molecule has 1 atom stereocenters. The van der Waals surface area contributed by atoms with E-state index in [0.29, 0.717) is 43.4 Å². The maximum Gasteiger partial charge on any atom is 0.410 e. The summed E-state index contributed by atoms with van der Waals surface area (Å²) in [6, 6.07) is 5.41. The molecule has 1 saturated heterocycles. The fourth-order valence-corrected chi connectivity index (χ4v) is 5.26. The lowest BCUT2D eigenvalue weighted by Gasteiger charge is -2.41. The predicted octanol–water partition coefficient (Wildman–Crippen LogP) is 6.06. The zero-order valence-electron chi connectivity index (χ0n) is 24.3. The molecule has 0 N–H and O–H groups in total. The highest BCUT2D eigenvalue weighted by Gasteiger charge is 2.34. The zero-order chi connectivity index (χ0) is 27.7. The minimum Gasteiger partial charge on any atom is -0.493 e. The Morgan fingerprint density at radius 1 is 1.00 bits per heavy atom. The van der Waals surface area contributed by atoms with E-state index in [-0.39, 0.29) is 30.2 Å². The molecule has 2 amide bonds. The van der Waals surface area contributed by atoms with Crippen molar-refractivity contribution in [3.63, 3.8) is 0 Å². The van der Waals surface area contributed by atoms with Gasteiger partial charge in [-0.05, 0) is 85.3 Å². The molecule has 1 heterocycles. The van der Waals surface area contributed by atoms with Gasteiger partial charge in [0.05, 0.1) is 18.8 Å². The molecule has 2 fully saturated rings. The molecule has 38 heavy (non-hydrogen) atoms. The van der Waals surface area contributed by atoms with E-state index in [0.717, 1.165) is 32.1 Å². The number of methoxy groups -OCH3 is 1. The van der Waals surface area contributed by atoms with Crippen molar-refractivity contribution in [3.05, 3.63) is 23.8 Å². The maximum absolute atomic E-state index is 14.0. The van der Waals surface area contributed by atoms with Crippen LogP contribution in [0.2, 0.25) is 0 Å². The number of amides is 2. The lowest BCUT2D eigenvalue weighted by Crippen LogP contribution is -2.54. The number of piperidine rings is 1. The maximum atomic E-state index is 14.0. The molecule has 1 aliphatic heterocycles. The van der Waals surface area contributed by atoms with Gasteiger partial charge in [0.2, 0.25) is 0 Å². The summed E-state index contributed by atoms with van der Waals surface area (Å²) in [5.41, 5.74) is -0.0149. The van der Waals surface area contributed by atoms with Crippen LogP contribution in [-0.2, 0) is 9.47 Å². The Morgan fingerprint density at radius 2 is 1.71 bits per heavy atom. The van der Waals surface area contributed by atoms with Crippen molar-refractivity contribution in [1.82, 2.24) is 9.80 Å². The SMILES string of the molecule is COCCCOc1cc(OC2CCCCC2)cc(C(=O)N(C(C)C)[C@@H]2CCCN(C(=O)OC(C)(C)C)C2)c1. The van der Waals surface area contributed by atoms with Crippen molar-refractivity contribution in [2.75, 3.05) is 33.4 Å². The lowest BCUT2D eigenvalue weighted by atomic mass is 9.97. The van der Waals surface area contributed by atoms with Crippen molar-refractivity contribution < 1.29 is 28.5 Å². The molecule has 0 bridgehead atoms. The number of carbonyl (C=O) groups excluding carboxylic acids is 2. The summed E-state index contributed by atoms with van der Waals surface area (Å²) < 4.78 is 23.1. The van der Waals surface area contributed by atoms with Crippen molar-refractivity contribution >= 4 is 12.0 Å². The second kappa shape index (κ2) is 14.1. The van der Waals surface area contributed by atoms with Crippen LogP contribution in [-0.4, -0.2) is 79.0 Å². The molecule has 3 rings (SSSR count). The molecule has 1 saturated carbocycles. The van der Waals surface area contributed by atoms with Gasteiger partial charge in [-0.2, -0.15) is 0 Å². The molecule has 8 nitrogen and oxygen atoms in total. The fourth-order valence-electron chi connectivity index (χ4n) is 5.26. The summed E-state index contributed by atoms with van der Waals surface area (Å²) >= 11 is 0. The number of likely N-dealkylation sites (tertiary alicyclic amines) is 1. The standard InChI is InChI=1S/C30H48N2O6/c1-22(2)32(24-12-10-15-31(21-24)29(34)38-30(3,4)5)28(33)23-18-26(36-17-11-16-35-6)20-27(19-23)37-25-13-8-7-9-14-25/h18-20,22,24-25H,7-17,21H2,1-6H3/t24-/m1/s1. The summed E-state index contributed by atoms with van der Waals surface area (Å²) in [6.07, 6.45) is 7.89. The molecular formula is C30H48N2O6. The van der Waals surface area contributed by atoms with Gasteiger partial charge in [0, 0.05) is 50.9 Å². The zero-order valence-corrected chi connectivity index (χ0v) is 24.3. The first kappa shape index (κ1) is 30.1. The van der Waals surface area contributed by atoms with Crippen LogP contribution in [0.5, 0.6) is 11.5 Å². The average molecular weight is 533 g/mol. The first-order chi connectivity index (χ1) is 18.1. The van der Waals surface area contributed by atoms with Gasteiger partial charge in [-0.3, -0.25) is 4.79 Å². The Kier molecular flexibility index (Phi) is 11.1. The quantitative estimate of drug-likeness (QED) is 0.341. The van der Waals surface area contributed by atoms with Crippen LogP contribution < -0.4 is 9.47 Å². The number of benzene rings is 1. The normalized spacial score (nSPS) is 18.8. The minimum atomic E-state index is -0.560. The molecule has 214 valence electrons. The number of hydrogen-bond donors (Lipinski definition) is 0. The molecule has 0 unspecified atom stereocenters. The molecule has 2 aliphatic rings. The minimum absolute atomic E-state index is 0.0416. The highest BCUT2D eigenvalue weighted by molar-refractivity contribution is 5.95. The highest BCUT2D eigenvalue weighted by Crippen LogP contribution is 2.30. The van der Waals surface area contributed by atoms with Gasteiger partial charge >= 0.3 is 6.09 Å². The highest BCUT2D eigenvalue weighted by atomic mass is 16.6. The van der Waals surface area contributed by atoms with Crippen LogP contribution in [0.25, 0.3) is 0 Å². The van der Waals surface area contributed by atoms with Gasteiger partial charge in [-0.1, -0.05) is 6.42 Å². The Labute approximate surface area is 228 Å². The summed E-state index contributed by atoms with van der Waals surface area (Å²) in [7, 11) is 1.67. The van der Waals surface area contributed by atoms with Crippen LogP contribution in [0.3, 0.4) is 0 Å². The largest absolute Gasteiger partial charge is 0.493 e. The van der Waals surface area contributed by atoms with Crippen LogP contribution >= 0.6 is 0 Å². The van der Waals surface area contributed by atoms with E-state index < -0.39 is 5.60 Å². The monoisotopic (exact) mass is 532 g/mol. The van der Waals surface area contributed by atoms with Crippen molar-refractivity contribution in [2.45, 2.75) is 110 Å². The van der Waals surface area contributed by atoms with E-state index >= 15 is 0 Å². The molecule has 1 aromatic carbocycles. The van der Waals surface area contributed by atoms with E-state index in [1.807, 2.05) is 57.7 Å². The van der Waals surface area contributed by atoms with E-state index in [1.54, 1.807) is 12.0 Å². The van der Waals surface area contributed by atoms with Crippen LogP contribution in [0.1, 0.15) is 96.3 Å². The van der Waals surface area contributed by atoms with Crippen LogP contribution in [0, 0.1) is 0 Å². The third-order valence-electron chi connectivity index (χ3n) is 6.98. The van der Waals surface area contributed by atoms with E-state index in [2.05, 4.69) is 0 Å². The Hall–Kier alpha value is -2.48. The number of nitrogens with zero attached hydrogens (tertiary/aromatic N) is 2. The van der Waals surface area contributed by atoms with Crippen LogP contribution in [0.15, 0.2) is 18.2 Å². The average Bonchev–Trinajstić information content (AvgIpc) is 2.86. The van der Waals surface area contributed by atoms with Gasteiger partial charge in [0.25, 0.3) is 5.91 Å². The van der Waals surface area contributed by atoms with E-state index in [1.165, 1.54) is 19.3 Å². The Morgan fingerprint density at radius 3 is 2.37 bits per heavy atom. The van der Waals surface area contributed by atoms with Crippen molar-refractivity contribution in [2.24, 2.45) is 0 Å². The molecule has 1 aromatic rings. The first-order valence-electron chi connectivity index (χ1n) is 14.3. The molecule has 8 heteroatoms. The number of rotatable bonds is 10. The van der Waals surface area contributed by atoms with Crippen molar-refractivity contribution in [1.29, 1.82) is 0 Å². The number of hydrogen-bond acceptors (Lipinski definition) is 6. The number of carbonyl (C=O) groups is 2. The molecule has 1 aliphatic carbocycles. The van der Waals surface area contributed by atoms with Gasteiger partial charge in [-0.15, -0.1) is 0 Å². The van der Waals surface area contributed by atoms with E-state index in [9.17, 15) is 9.59 Å². The second-order valence-corrected chi connectivity index (χ2v) is 11.8. The molecule has 0 radical (unpaired) electrons. The van der Waals surface area contributed by atoms with Gasteiger partial charge in [0.15, 0.2) is 0 Å². The first-order valence-corrected chi connectivity index (χ1v) is 14.3. The fraction of sp³-hybridized carbons (Fsp3) is 0.733.